The van der Waals surface area contributed by atoms with Gasteiger partial charge in [-0.15, -0.1) is 0 Å². The Kier molecular flexibility index (Phi) is 3.25. The van der Waals surface area contributed by atoms with Gasteiger partial charge >= 0.3 is 11.9 Å². The van der Waals surface area contributed by atoms with Crippen LogP contribution in [0.2, 0.25) is 5.02 Å². The fourth-order valence-electron chi connectivity index (χ4n) is 2.20. The van der Waals surface area contributed by atoms with Crippen molar-refractivity contribution in [1.82, 2.24) is 14.0 Å². The Hall–Kier alpha value is -2.28. The molecule has 0 aliphatic rings. The summed E-state index contributed by atoms with van der Waals surface area (Å²) in [6.07, 6.45) is -3.26. The molecule has 0 radical (unpaired) electrons. The van der Waals surface area contributed by atoms with Crippen LogP contribution in [0.15, 0.2) is 41.3 Å². The van der Waals surface area contributed by atoms with E-state index in [1.807, 2.05) is 0 Å². The van der Waals surface area contributed by atoms with Gasteiger partial charge in [-0.05, 0) is 6.07 Å². The summed E-state index contributed by atoms with van der Waals surface area (Å²) in [5, 5.41) is 0.402. The molecule has 8 heteroatoms. The van der Waals surface area contributed by atoms with E-state index in [-0.39, 0.29) is 5.65 Å². The van der Waals surface area contributed by atoms with E-state index >= 15 is 0 Å². The van der Waals surface area contributed by atoms with E-state index in [0.717, 1.165) is 17.5 Å². The molecule has 0 saturated heterocycles. The van der Waals surface area contributed by atoms with Gasteiger partial charge in [-0.25, -0.2) is 9.78 Å². The summed E-state index contributed by atoms with van der Waals surface area (Å²) in [5.74, 6) is 0. The third kappa shape index (κ3) is 2.27. The van der Waals surface area contributed by atoms with Gasteiger partial charge in [-0.3, -0.25) is 8.97 Å². The third-order valence-corrected chi connectivity index (χ3v) is 3.62. The van der Waals surface area contributed by atoms with E-state index in [2.05, 4.69) is 4.98 Å². The molecule has 0 unspecified atom stereocenters. The van der Waals surface area contributed by atoms with Crippen molar-refractivity contribution in [2.75, 3.05) is 0 Å². The van der Waals surface area contributed by atoms with Crippen molar-refractivity contribution in [2.45, 2.75) is 6.18 Å². The molecule has 0 spiro atoms. The summed E-state index contributed by atoms with van der Waals surface area (Å²) in [6.45, 7) is 0. The molecule has 3 rings (SSSR count). The molecule has 0 saturated carbocycles. The first-order valence-corrected chi connectivity index (χ1v) is 6.58. The highest BCUT2D eigenvalue weighted by atomic mass is 35.5. The number of alkyl halides is 3. The fourth-order valence-corrected chi connectivity index (χ4v) is 2.44. The van der Waals surface area contributed by atoms with E-state index in [1.165, 1.54) is 6.20 Å². The van der Waals surface area contributed by atoms with Crippen LogP contribution >= 0.6 is 11.6 Å². The van der Waals surface area contributed by atoms with Gasteiger partial charge in [0.05, 0.1) is 10.7 Å². The summed E-state index contributed by atoms with van der Waals surface area (Å²) in [4.78, 5) is 16.2. The van der Waals surface area contributed by atoms with Gasteiger partial charge in [-0.1, -0.05) is 29.8 Å². The monoisotopic (exact) mass is 327 g/mol. The zero-order chi connectivity index (χ0) is 16.1. The van der Waals surface area contributed by atoms with Crippen molar-refractivity contribution in [3.05, 3.63) is 57.7 Å². The van der Waals surface area contributed by atoms with E-state index in [9.17, 15) is 18.0 Å². The molecular formula is C14H9ClF3N3O. The maximum absolute atomic E-state index is 12.9. The minimum atomic E-state index is -4.63. The number of rotatable bonds is 1. The third-order valence-electron chi connectivity index (χ3n) is 3.29. The van der Waals surface area contributed by atoms with Crippen LogP contribution in [0.1, 0.15) is 5.69 Å². The molecule has 114 valence electrons. The van der Waals surface area contributed by atoms with Gasteiger partial charge in [0.1, 0.15) is 11.3 Å². The SMILES string of the molecule is Cn1c(C(F)(F)F)cc2nc(-c3ccccc3Cl)cn2c1=O. The second kappa shape index (κ2) is 4.88. The highest BCUT2D eigenvalue weighted by Crippen LogP contribution is 2.30. The molecule has 0 aliphatic carbocycles. The van der Waals surface area contributed by atoms with Crippen LogP contribution in [0.25, 0.3) is 16.9 Å². The van der Waals surface area contributed by atoms with E-state index in [0.29, 0.717) is 20.8 Å². The Balaban J connectivity index is 2.30. The molecule has 22 heavy (non-hydrogen) atoms. The summed E-state index contributed by atoms with van der Waals surface area (Å²) in [5.41, 5.74) is -1.08. The van der Waals surface area contributed by atoms with Crippen LogP contribution in [0, 0.1) is 0 Å². The number of hydrogen-bond donors (Lipinski definition) is 0. The summed E-state index contributed by atoms with van der Waals surface area (Å²) < 4.78 is 40.4. The first kappa shape index (κ1) is 14.6. The molecule has 2 aromatic heterocycles. The lowest BCUT2D eigenvalue weighted by molar-refractivity contribution is -0.143. The van der Waals surface area contributed by atoms with Crippen molar-refractivity contribution < 1.29 is 13.2 Å². The van der Waals surface area contributed by atoms with Crippen molar-refractivity contribution in [3.8, 4) is 11.3 Å². The Labute approximate surface area is 127 Å². The molecule has 0 N–H and O–H groups in total. The highest BCUT2D eigenvalue weighted by Gasteiger charge is 2.34. The van der Waals surface area contributed by atoms with Crippen LogP contribution in [-0.4, -0.2) is 14.0 Å². The summed E-state index contributed by atoms with van der Waals surface area (Å²) in [6, 6.07) is 7.61. The lowest BCUT2D eigenvalue weighted by Gasteiger charge is -2.11. The number of nitrogens with zero attached hydrogens (tertiary/aromatic N) is 3. The number of aromatic nitrogens is 3. The van der Waals surface area contributed by atoms with E-state index < -0.39 is 17.6 Å². The molecule has 0 amide bonds. The van der Waals surface area contributed by atoms with Crippen molar-refractivity contribution in [3.63, 3.8) is 0 Å². The topological polar surface area (TPSA) is 39.3 Å². The average Bonchev–Trinajstić information content (AvgIpc) is 2.86. The zero-order valence-electron chi connectivity index (χ0n) is 11.2. The normalized spacial score (nSPS) is 12.0. The molecule has 0 fully saturated rings. The molecule has 0 atom stereocenters. The van der Waals surface area contributed by atoms with Crippen molar-refractivity contribution in [2.24, 2.45) is 7.05 Å². The maximum Gasteiger partial charge on any atom is 0.431 e. The number of imidazole rings is 1. The van der Waals surface area contributed by atoms with Crippen LogP contribution in [0.5, 0.6) is 0 Å². The predicted molar refractivity (Wildman–Crippen MR) is 75.9 cm³/mol. The molecule has 0 bridgehead atoms. The molecular weight excluding hydrogens is 319 g/mol. The van der Waals surface area contributed by atoms with Crippen LogP contribution < -0.4 is 5.69 Å². The molecule has 0 aliphatic heterocycles. The lowest BCUT2D eigenvalue weighted by atomic mass is 10.2. The predicted octanol–water partition coefficient (Wildman–Crippen LogP) is 3.37. The Morgan fingerprint density at radius 1 is 1.23 bits per heavy atom. The molecule has 2 heterocycles. The van der Waals surface area contributed by atoms with Gasteiger partial charge in [0.15, 0.2) is 0 Å². The first-order chi connectivity index (χ1) is 10.3. The summed E-state index contributed by atoms with van der Waals surface area (Å²) >= 11 is 6.05. The largest absolute Gasteiger partial charge is 0.431 e. The van der Waals surface area contributed by atoms with Gasteiger partial charge in [0.25, 0.3) is 0 Å². The van der Waals surface area contributed by atoms with Crippen molar-refractivity contribution >= 4 is 17.2 Å². The highest BCUT2D eigenvalue weighted by molar-refractivity contribution is 6.33. The number of benzene rings is 1. The quantitative estimate of drug-likeness (QED) is 0.687. The standard InChI is InChI=1S/C14H9ClF3N3O/c1-20-11(14(16,17)18)6-12-19-10(7-21(12)13(20)22)8-4-2-3-5-9(8)15/h2-7H,1H3. The van der Waals surface area contributed by atoms with Gasteiger partial charge in [-0.2, -0.15) is 13.2 Å². The van der Waals surface area contributed by atoms with Crippen LogP contribution in [-0.2, 0) is 13.2 Å². The minimum Gasteiger partial charge on any atom is -0.292 e. The van der Waals surface area contributed by atoms with Crippen LogP contribution in [0.4, 0.5) is 13.2 Å². The zero-order valence-corrected chi connectivity index (χ0v) is 12.0. The second-order valence-corrected chi connectivity index (χ2v) is 5.11. The van der Waals surface area contributed by atoms with E-state index in [4.69, 9.17) is 11.6 Å². The maximum atomic E-state index is 12.9. The Morgan fingerprint density at radius 2 is 1.91 bits per heavy atom. The lowest BCUT2D eigenvalue weighted by Crippen LogP contribution is -2.29. The second-order valence-electron chi connectivity index (χ2n) is 4.70. The Morgan fingerprint density at radius 3 is 2.55 bits per heavy atom. The molecule has 3 aromatic rings. The minimum absolute atomic E-state index is 0.0784. The van der Waals surface area contributed by atoms with Gasteiger partial charge in [0, 0.05) is 24.9 Å². The fraction of sp³-hybridized carbons (Fsp3) is 0.143. The van der Waals surface area contributed by atoms with Gasteiger partial charge < -0.3 is 0 Å². The van der Waals surface area contributed by atoms with E-state index in [1.54, 1.807) is 24.3 Å². The number of hydrogen-bond acceptors (Lipinski definition) is 2. The van der Waals surface area contributed by atoms with Crippen LogP contribution in [0.3, 0.4) is 0 Å². The average molecular weight is 328 g/mol. The Bertz CT molecular complexity index is 927. The number of fused-ring (bicyclic) bond motifs is 1. The summed E-state index contributed by atoms with van der Waals surface area (Å²) in [7, 11) is 1.07. The first-order valence-electron chi connectivity index (χ1n) is 6.20. The molecule has 4 nitrogen and oxygen atoms in total. The smallest absolute Gasteiger partial charge is 0.292 e. The number of halogens is 4. The van der Waals surface area contributed by atoms with Gasteiger partial charge in [0.2, 0.25) is 0 Å². The molecule has 1 aromatic carbocycles. The van der Waals surface area contributed by atoms with Crippen molar-refractivity contribution in [1.29, 1.82) is 0 Å².